The third-order valence-corrected chi connectivity index (χ3v) is 11.1. The molecule has 2 fully saturated rings. The lowest BCUT2D eigenvalue weighted by atomic mass is 10.1. The zero-order valence-electron chi connectivity index (χ0n) is 17.1. The molecule has 0 spiro atoms. The van der Waals surface area contributed by atoms with Gasteiger partial charge in [0.25, 0.3) is 8.32 Å². The van der Waals surface area contributed by atoms with Gasteiger partial charge in [-0.1, -0.05) is 81.4 Å². The molecule has 5 heteroatoms. The van der Waals surface area contributed by atoms with E-state index in [2.05, 4.69) is 81.4 Å². The predicted octanol–water partition coefficient (Wildman–Crippen LogP) is 2.74. The number of rotatable bonds is 5. The van der Waals surface area contributed by atoms with Crippen LogP contribution in [-0.4, -0.2) is 53.1 Å². The van der Waals surface area contributed by atoms with E-state index in [1.165, 1.54) is 10.4 Å². The first-order valence-corrected chi connectivity index (χ1v) is 11.9. The van der Waals surface area contributed by atoms with Crippen LogP contribution in [0.15, 0.2) is 60.7 Å². The lowest BCUT2D eigenvalue weighted by Gasteiger charge is -2.45. The molecule has 0 saturated carbocycles. The molecule has 0 aromatic heterocycles. The summed E-state index contributed by atoms with van der Waals surface area (Å²) in [5.74, 6) is 0. The fourth-order valence-electron chi connectivity index (χ4n) is 4.65. The van der Waals surface area contributed by atoms with Gasteiger partial charge in [-0.3, -0.25) is 0 Å². The Morgan fingerprint density at radius 3 is 1.71 bits per heavy atom. The predicted molar refractivity (Wildman–Crippen MR) is 113 cm³/mol. The highest BCUT2D eigenvalue weighted by atomic mass is 28.4. The van der Waals surface area contributed by atoms with Crippen molar-refractivity contribution in [3.63, 3.8) is 0 Å². The monoisotopic (exact) mass is 398 g/mol. The molecule has 0 N–H and O–H groups in total. The minimum absolute atomic E-state index is 0.0160. The summed E-state index contributed by atoms with van der Waals surface area (Å²) in [6.45, 7) is 7.98. The molecule has 4 nitrogen and oxygen atoms in total. The molecule has 4 atom stereocenters. The van der Waals surface area contributed by atoms with Crippen LogP contribution < -0.4 is 10.4 Å². The molecule has 0 radical (unpaired) electrons. The topological polar surface area (TPSA) is 36.9 Å². The van der Waals surface area contributed by atoms with Crippen LogP contribution >= 0.6 is 0 Å². The first kappa shape index (κ1) is 19.8. The Labute approximate surface area is 168 Å². The largest absolute Gasteiger partial charge is 0.399 e. The normalized spacial score (nSPS) is 27.7. The summed E-state index contributed by atoms with van der Waals surface area (Å²) in [6, 6.07) is 21.4. The molecule has 2 saturated heterocycles. The molecular formula is C23H30O4Si. The van der Waals surface area contributed by atoms with Gasteiger partial charge >= 0.3 is 0 Å². The molecular weight excluding hydrogens is 368 g/mol. The molecule has 0 amide bonds. The number of hydrogen-bond donors (Lipinski definition) is 0. The molecule has 28 heavy (non-hydrogen) atoms. The van der Waals surface area contributed by atoms with E-state index in [-0.39, 0.29) is 29.5 Å². The van der Waals surface area contributed by atoms with Gasteiger partial charge in [-0.25, -0.2) is 0 Å². The van der Waals surface area contributed by atoms with Gasteiger partial charge in [-0.05, 0) is 15.4 Å². The quantitative estimate of drug-likeness (QED) is 0.726. The van der Waals surface area contributed by atoms with Gasteiger partial charge in [0.1, 0.15) is 18.3 Å². The molecule has 0 aliphatic carbocycles. The average molecular weight is 399 g/mol. The van der Waals surface area contributed by atoms with Crippen molar-refractivity contribution in [2.45, 2.75) is 50.2 Å². The zero-order valence-corrected chi connectivity index (χ0v) is 18.1. The molecule has 2 aliphatic rings. The second kappa shape index (κ2) is 7.73. The van der Waals surface area contributed by atoms with Gasteiger partial charge in [0.05, 0.1) is 19.3 Å². The van der Waals surface area contributed by atoms with Gasteiger partial charge in [-0.15, -0.1) is 0 Å². The number of methoxy groups -OCH3 is 1. The van der Waals surface area contributed by atoms with E-state index in [9.17, 15) is 0 Å². The molecule has 2 heterocycles. The van der Waals surface area contributed by atoms with E-state index < -0.39 is 8.32 Å². The summed E-state index contributed by atoms with van der Waals surface area (Å²) in [4.78, 5) is 0. The first-order chi connectivity index (χ1) is 13.5. The smallest absolute Gasteiger partial charge is 0.261 e. The Bertz CT molecular complexity index is 735. The van der Waals surface area contributed by atoms with Gasteiger partial charge in [0.2, 0.25) is 0 Å². The van der Waals surface area contributed by atoms with Crippen LogP contribution in [0.5, 0.6) is 0 Å². The summed E-state index contributed by atoms with van der Waals surface area (Å²) in [5.41, 5.74) is 0. The molecule has 0 unspecified atom stereocenters. The number of fused-ring (bicyclic) bond motifs is 1. The minimum Gasteiger partial charge on any atom is -0.399 e. The first-order valence-electron chi connectivity index (χ1n) is 10.0. The third kappa shape index (κ3) is 3.25. The van der Waals surface area contributed by atoms with Crippen molar-refractivity contribution in [1.82, 2.24) is 0 Å². The van der Waals surface area contributed by atoms with Crippen LogP contribution in [0.4, 0.5) is 0 Å². The van der Waals surface area contributed by atoms with Crippen molar-refractivity contribution in [2.75, 3.05) is 20.3 Å². The molecule has 0 bridgehead atoms. The summed E-state index contributed by atoms with van der Waals surface area (Å²) in [7, 11) is -0.889. The van der Waals surface area contributed by atoms with Crippen molar-refractivity contribution in [1.29, 1.82) is 0 Å². The van der Waals surface area contributed by atoms with Gasteiger partial charge in [0, 0.05) is 7.11 Å². The highest BCUT2D eigenvalue weighted by molar-refractivity contribution is 6.99. The fourth-order valence-corrected chi connectivity index (χ4v) is 9.32. The van der Waals surface area contributed by atoms with E-state index in [4.69, 9.17) is 18.6 Å². The Balaban J connectivity index is 1.78. The summed E-state index contributed by atoms with van der Waals surface area (Å²) in [6.07, 6.45) is -0.242. The van der Waals surface area contributed by atoms with Crippen LogP contribution in [0, 0.1) is 0 Å². The van der Waals surface area contributed by atoms with E-state index >= 15 is 0 Å². The summed E-state index contributed by atoms with van der Waals surface area (Å²) < 4.78 is 24.9. The Morgan fingerprint density at radius 2 is 1.25 bits per heavy atom. The van der Waals surface area contributed by atoms with Crippen LogP contribution in [0.3, 0.4) is 0 Å². The van der Waals surface area contributed by atoms with Crippen molar-refractivity contribution >= 4 is 18.7 Å². The lowest BCUT2D eigenvalue weighted by Crippen LogP contribution is -2.68. The summed E-state index contributed by atoms with van der Waals surface area (Å²) >= 11 is 0. The van der Waals surface area contributed by atoms with Crippen LogP contribution in [0.25, 0.3) is 0 Å². The van der Waals surface area contributed by atoms with Crippen molar-refractivity contribution < 1.29 is 18.6 Å². The van der Waals surface area contributed by atoms with Crippen molar-refractivity contribution in [3.8, 4) is 0 Å². The Morgan fingerprint density at radius 1 is 0.786 bits per heavy atom. The number of benzene rings is 2. The van der Waals surface area contributed by atoms with Gasteiger partial charge in [-0.2, -0.15) is 0 Å². The Kier molecular flexibility index (Phi) is 5.46. The third-order valence-electron chi connectivity index (χ3n) is 6.01. The standard InChI is InChI=1S/C23H30O4Si/c1-23(2,3)28(17-11-7-5-8-12-17,18-13-9-6-10-14-18)27-20-16-26-21-19(24-4)15-25-22(20)21/h5-14,19-22H,15-16H2,1-4H3/t19-,20-,21-,22-/m1/s1. The van der Waals surface area contributed by atoms with Crippen LogP contribution in [0.1, 0.15) is 20.8 Å². The van der Waals surface area contributed by atoms with E-state index in [0.717, 1.165) is 0 Å². The van der Waals surface area contributed by atoms with Crippen molar-refractivity contribution in [3.05, 3.63) is 60.7 Å². The second-order valence-electron chi connectivity index (χ2n) is 8.69. The highest BCUT2D eigenvalue weighted by Gasteiger charge is 2.56. The van der Waals surface area contributed by atoms with Crippen molar-refractivity contribution in [2.24, 2.45) is 0 Å². The van der Waals surface area contributed by atoms with Gasteiger partial charge < -0.3 is 18.6 Å². The van der Waals surface area contributed by atoms with Crippen LogP contribution in [-0.2, 0) is 18.6 Å². The maximum atomic E-state index is 7.18. The fraction of sp³-hybridized carbons (Fsp3) is 0.478. The second-order valence-corrected chi connectivity index (χ2v) is 12.9. The van der Waals surface area contributed by atoms with E-state index in [0.29, 0.717) is 13.2 Å². The number of hydrogen-bond acceptors (Lipinski definition) is 4. The summed E-state index contributed by atoms with van der Waals surface area (Å²) in [5, 5.41) is 2.49. The lowest BCUT2D eigenvalue weighted by molar-refractivity contribution is -0.0147. The molecule has 2 aromatic rings. The molecule has 2 aromatic carbocycles. The van der Waals surface area contributed by atoms with E-state index in [1.807, 2.05) is 0 Å². The maximum Gasteiger partial charge on any atom is 0.261 e. The molecule has 150 valence electrons. The zero-order chi connectivity index (χ0) is 19.8. The molecule has 4 rings (SSSR count). The SMILES string of the molecule is CO[C@@H]1CO[C@H]2[C@@H]1OC[C@H]2O[Si](c1ccccc1)(c1ccccc1)C(C)(C)C. The van der Waals surface area contributed by atoms with Crippen LogP contribution in [0.2, 0.25) is 5.04 Å². The van der Waals surface area contributed by atoms with E-state index in [1.54, 1.807) is 7.11 Å². The minimum atomic E-state index is -2.61. The molecule has 2 aliphatic heterocycles. The Hall–Kier alpha value is -1.50. The highest BCUT2D eigenvalue weighted by Crippen LogP contribution is 2.40. The number of ether oxygens (including phenoxy) is 3. The van der Waals surface area contributed by atoms with Gasteiger partial charge in [0.15, 0.2) is 0 Å². The maximum absolute atomic E-state index is 7.18. The average Bonchev–Trinajstić information content (AvgIpc) is 3.28.